The summed E-state index contributed by atoms with van der Waals surface area (Å²) >= 11 is 4.82. The van der Waals surface area contributed by atoms with Gasteiger partial charge >= 0.3 is 0 Å². The first kappa shape index (κ1) is 8.67. The van der Waals surface area contributed by atoms with E-state index < -0.39 is 0 Å². The van der Waals surface area contributed by atoms with Gasteiger partial charge in [0.15, 0.2) is 0 Å². The monoisotopic (exact) mass is 220 g/mol. The van der Waals surface area contributed by atoms with Crippen LogP contribution >= 0.6 is 12.2 Å². The molecule has 2 aromatic rings. The summed E-state index contributed by atoms with van der Waals surface area (Å²) in [7, 11) is 0. The fourth-order valence-corrected chi connectivity index (χ4v) is 1.80. The topological polar surface area (TPSA) is 51.0 Å². The fourth-order valence-electron chi connectivity index (χ4n) is 1.67. The highest BCUT2D eigenvalue weighted by atomic mass is 32.1. The first-order valence-corrected chi connectivity index (χ1v) is 5.05. The first-order chi connectivity index (χ1) is 7.33. The molecule has 3 rings (SSSR count). The van der Waals surface area contributed by atoms with Crippen LogP contribution in [0.3, 0.4) is 0 Å². The smallest absolute Gasteiger partial charge is 0.284 e. The zero-order valence-electron chi connectivity index (χ0n) is 7.82. The average molecular weight is 220 g/mol. The lowest BCUT2D eigenvalue weighted by molar-refractivity contribution is 0.357. The Bertz CT molecular complexity index is 559. The number of benzene rings is 1. The molecule has 5 heteroatoms. The van der Waals surface area contributed by atoms with E-state index >= 15 is 0 Å². The Kier molecular flexibility index (Phi) is 1.85. The van der Waals surface area contributed by atoms with Crippen LogP contribution in [0.1, 0.15) is 5.56 Å². The second-order valence-electron chi connectivity index (χ2n) is 3.34. The summed E-state index contributed by atoms with van der Waals surface area (Å²) in [6.45, 7) is 0.753. The van der Waals surface area contributed by atoms with Crippen molar-refractivity contribution in [3.8, 4) is 17.2 Å². The third-order valence-electron chi connectivity index (χ3n) is 2.37. The number of rotatable bonds is 1. The van der Waals surface area contributed by atoms with Gasteiger partial charge in [-0.05, 0) is 36.0 Å². The van der Waals surface area contributed by atoms with Crippen LogP contribution < -0.4 is 4.74 Å². The molecule has 2 heterocycles. The predicted molar refractivity (Wildman–Crippen MR) is 56.3 cm³/mol. The number of fused-ring (bicyclic) bond motifs is 1. The third-order valence-corrected chi connectivity index (χ3v) is 2.55. The standard InChI is InChI=1S/C10H8N2O2S/c15-10-12-11-9(14-10)7-1-2-8-6(5-7)3-4-13-8/h1-2,5H,3-4H2,(H,12,15). The maximum Gasteiger partial charge on any atom is 0.284 e. The maximum absolute atomic E-state index is 5.42. The Morgan fingerprint density at radius 1 is 1.40 bits per heavy atom. The number of nitrogens with one attached hydrogen (secondary N) is 1. The fraction of sp³-hybridized carbons (Fsp3) is 0.200. The molecule has 0 amide bonds. The zero-order chi connectivity index (χ0) is 10.3. The highest BCUT2D eigenvalue weighted by molar-refractivity contribution is 7.71. The van der Waals surface area contributed by atoms with Crippen molar-refractivity contribution in [1.29, 1.82) is 0 Å². The molecule has 1 aromatic heterocycles. The SMILES string of the molecule is S=c1[nH]nc(-c2ccc3c(c2)CCO3)o1. The van der Waals surface area contributed by atoms with Gasteiger partial charge < -0.3 is 9.15 Å². The summed E-state index contributed by atoms with van der Waals surface area (Å²) in [5.41, 5.74) is 2.11. The van der Waals surface area contributed by atoms with Gasteiger partial charge in [-0.1, -0.05) is 0 Å². The van der Waals surface area contributed by atoms with E-state index in [9.17, 15) is 0 Å². The van der Waals surface area contributed by atoms with E-state index in [2.05, 4.69) is 10.2 Å². The van der Waals surface area contributed by atoms with E-state index in [1.54, 1.807) is 0 Å². The first-order valence-electron chi connectivity index (χ1n) is 4.64. The van der Waals surface area contributed by atoms with Crippen LogP contribution in [-0.4, -0.2) is 16.8 Å². The number of aromatic amines is 1. The highest BCUT2D eigenvalue weighted by Gasteiger charge is 2.14. The largest absolute Gasteiger partial charge is 0.493 e. The normalized spacial score (nSPS) is 13.6. The van der Waals surface area contributed by atoms with Crippen LogP contribution in [0.25, 0.3) is 11.5 Å². The molecular weight excluding hydrogens is 212 g/mol. The summed E-state index contributed by atoms with van der Waals surface area (Å²) in [5.74, 6) is 1.47. The van der Waals surface area contributed by atoms with Crippen LogP contribution in [0, 0.1) is 4.84 Å². The number of ether oxygens (including phenoxy) is 1. The molecule has 1 aliphatic rings. The van der Waals surface area contributed by atoms with Gasteiger partial charge in [0.1, 0.15) is 5.75 Å². The number of H-pyrrole nitrogens is 1. The van der Waals surface area contributed by atoms with E-state index in [-0.39, 0.29) is 0 Å². The molecule has 1 N–H and O–H groups in total. The van der Waals surface area contributed by atoms with Crippen molar-refractivity contribution in [2.75, 3.05) is 6.61 Å². The molecule has 15 heavy (non-hydrogen) atoms. The maximum atomic E-state index is 5.42. The van der Waals surface area contributed by atoms with Crippen molar-refractivity contribution < 1.29 is 9.15 Å². The van der Waals surface area contributed by atoms with E-state index in [1.165, 1.54) is 5.56 Å². The Morgan fingerprint density at radius 3 is 3.13 bits per heavy atom. The van der Waals surface area contributed by atoms with Gasteiger partial charge in [0.2, 0.25) is 5.89 Å². The molecule has 0 aliphatic carbocycles. The summed E-state index contributed by atoms with van der Waals surface area (Å²) in [4.78, 5) is 0.293. The molecule has 1 aliphatic heterocycles. The average Bonchev–Trinajstić information content (AvgIpc) is 2.84. The minimum atomic E-state index is 0.293. The molecule has 0 bridgehead atoms. The van der Waals surface area contributed by atoms with Crippen LogP contribution in [0.15, 0.2) is 22.6 Å². The molecular formula is C10H8N2O2S. The van der Waals surface area contributed by atoms with Crippen molar-refractivity contribution in [2.24, 2.45) is 0 Å². The van der Waals surface area contributed by atoms with Crippen LogP contribution in [-0.2, 0) is 6.42 Å². The Morgan fingerprint density at radius 2 is 2.33 bits per heavy atom. The van der Waals surface area contributed by atoms with Gasteiger partial charge in [-0.15, -0.1) is 5.10 Å². The third kappa shape index (κ3) is 1.45. The van der Waals surface area contributed by atoms with Gasteiger partial charge in [-0.3, -0.25) is 0 Å². The molecule has 0 saturated heterocycles. The van der Waals surface area contributed by atoms with Crippen molar-refractivity contribution in [3.63, 3.8) is 0 Å². The van der Waals surface area contributed by atoms with Crippen LogP contribution in [0.5, 0.6) is 5.75 Å². The molecule has 0 unspecified atom stereocenters. The molecule has 1 aromatic carbocycles. The van der Waals surface area contributed by atoms with Gasteiger partial charge in [0, 0.05) is 12.0 Å². The van der Waals surface area contributed by atoms with Gasteiger partial charge in [-0.2, -0.15) is 0 Å². The predicted octanol–water partition coefficient (Wildman–Crippen LogP) is 2.33. The van der Waals surface area contributed by atoms with Crippen molar-refractivity contribution in [3.05, 3.63) is 28.6 Å². The number of nitrogens with zero attached hydrogens (tertiary/aromatic N) is 1. The van der Waals surface area contributed by atoms with Gasteiger partial charge in [0.05, 0.1) is 6.61 Å². The lowest BCUT2D eigenvalue weighted by Crippen LogP contribution is -1.85. The number of hydrogen-bond donors (Lipinski definition) is 1. The summed E-state index contributed by atoms with van der Waals surface area (Å²) in [6, 6.07) is 5.88. The van der Waals surface area contributed by atoms with Crippen molar-refractivity contribution >= 4 is 12.2 Å². The molecule has 0 saturated carbocycles. The Labute approximate surface area is 90.9 Å². The summed E-state index contributed by atoms with van der Waals surface area (Å²) in [6.07, 6.45) is 0.939. The molecule has 0 spiro atoms. The Balaban J connectivity index is 2.10. The summed E-state index contributed by atoms with van der Waals surface area (Å²) < 4.78 is 10.7. The van der Waals surface area contributed by atoms with E-state index in [0.29, 0.717) is 10.7 Å². The zero-order valence-corrected chi connectivity index (χ0v) is 8.63. The molecule has 76 valence electrons. The molecule has 0 fully saturated rings. The van der Waals surface area contributed by atoms with E-state index in [1.807, 2.05) is 18.2 Å². The number of aromatic nitrogens is 2. The highest BCUT2D eigenvalue weighted by Crippen LogP contribution is 2.29. The van der Waals surface area contributed by atoms with Gasteiger partial charge in [0.25, 0.3) is 4.84 Å². The van der Waals surface area contributed by atoms with Gasteiger partial charge in [-0.25, -0.2) is 5.10 Å². The second kappa shape index (κ2) is 3.20. The van der Waals surface area contributed by atoms with Crippen molar-refractivity contribution in [1.82, 2.24) is 10.2 Å². The molecule has 0 radical (unpaired) electrons. The lowest BCUT2D eigenvalue weighted by Gasteiger charge is -1.99. The van der Waals surface area contributed by atoms with E-state index in [0.717, 1.165) is 24.3 Å². The Hall–Kier alpha value is -1.62. The minimum absolute atomic E-state index is 0.293. The lowest BCUT2D eigenvalue weighted by atomic mass is 10.1. The quantitative estimate of drug-likeness (QED) is 0.749. The van der Waals surface area contributed by atoms with Crippen LogP contribution in [0.4, 0.5) is 0 Å². The molecule has 4 nitrogen and oxygen atoms in total. The van der Waals surface area contributed by atoms with Crippen LogP contribution in [0.2, 0.25) is 0 Å². The second-order valence-corrected chi connectivity index (χ2v) is 3.71. The van der Waals surface area contributed by atoms with Crippen molar-refractivity contribution in [2.45, 2.75) is 6.42 Å². The molecule has 0 atom stereocenters. The summed E-state index contributed by atoms with van der Waals surface area (Å²) in [5, 5.41) is 6.58. The minimum Gasteiger partial charge on any atom is -0.493 e. The van der Waals surface area contributed by atoms with E-state index in [4.69, 9.17) is 21.4 Å². The number of hydrogen-bond acceptors (Lipinski definition) is 4.